The van der Waals surface area contributed by atoms with Gasteiger partial charge in [0, 0.05) is 18.4 Å². The minimum Gasteiger partial charge on any atom is -0.414 e. The summed E-state index contributed by atoms with van der Waals surface area (Å²) in [5, 5.41) is 11.1. The number of aliphatic hydroxyl groups is 1. The zero-order chi connectivity index (χ0) is 23.1. The van der Waals surface area contributed by atoms with Crippen molar-refractivity contribution in [1.82, 2.24) is 0 Å². The van der Waals surface area contributed by atoms with E-state index in [4.69, 9.17) is 17.2 Å². The van der Waals surface area contributed by atoms with Crippen LogP contribution in [0.3, 0.4) is 0 Å². The Balaban J connectivity index is 2.45. The fourth-order valence-electron chi connectivity index (χ4n) is 5.08. The molecule has 0 amide bonds. The van der Waals surface area contributed by atoms with Crippen LogP contribution in [0.1, 0.15) is 61.8 Å². The molecule has 1 saturated heterocycles. The van der Waals surface area contributed by atoms with Crippen LogP contribution in [-0.2, 0) is 27.3 Å². The Hall–Kier alpha value is 0.184. The lowest BCUT2D eigenvalue weighted by molar-refractivity contribution is -0.0291. The third-order valence-electron chi connectivity index (χ3n) is 6.77. The molecule has 0 unspecified atom stereocenters. The second kappa shape index (κ2) is 9.58. The molecule has 0 bridgehead atoms. The maximum atomic E-state index is 11.5. The van der Waals surface area contributed by atoms with Gasteiger partial charge >= 0.3 is 17.1 Å². The van der Waals surface area contributed by atoms with Gasteiger partial charge < -0.3 is 18.1 Å². The molecule has 1 saturated carbocycles. The second-order valence-electron chi connectivity index (χ2n) is 10.3. The summed E-state index contributed by atoms with van der Waals surface area (Å²) in [4.78, 5) is 0. The van der Waals surface area contributed by atoms with Gasteiger partial charge in [-0.05, 0) is 28.6 Å². The number of hydrogen-bond acceptors (Lipinski definition) is 7. The maximum absolute atomic E-state index is 11.5. The molecule has 2 rings (SSSR count). The van der Waals surface area contributed by atoms with Gasteiger partial charge in [-0.1, -0.05) is 55.4 Å². The van der Waals surface area contributed by atoms with Gasteiger partial charge in [-0.2, -0.15) is 8.42 Å². The standard InChI is InChI=1S/C20H42O7SSi2/c1-13(2)29(14(3)4)25-12-18-10-17(11-24-28(9,22)23)19(21)20(18)26-30(27-29,15(5)6)16(7)8/h13-21H,10-12H2,1-9H3/t17-,18+,19-,20+/m0/s1. The summed E-state index contributed by atoms with van der Waals surface area (Å²) in [5.74, 6) is -0.317. The van der Waals surface area contributed by atoms with Crippen LogP contribution >= 0.6 is 0 Å². The Morgan fingerprint density at radius 3 is 1.90 bits per heavy atom. The minimum atomic E-state index is -3.57. The summed E-state index contributed by atoms with van der Waals surface area (Å²) in [6, 6.07) is 0. The Morgan fingerprint density at radius 2 is 1.47 bits per heavy atom. The molecule has 1 aliphatic carbocycles. The summed E-state index contributed by atoms with van der Waals surface area (Å²) in [7, 11) is -8.95. The molecule has 7 nitrogen and oxygen atoms in total. The first kappa shape index (κ1) is 26.4. The normalized spacial score (nSPS) is 31.9. The minimum absolute atomic E-state index is 0.00851. The molecule has 0 spiro atoms. The summed E-state index contributed by atoms with van der Waals surface area (Å²) < 4.78 is 48.7. The van der Waals surface area contributed by atoms with E-state index in [1.807, 2.05) is 0 Å². The Bertz CT molecular complexity index is 665. The van der Waals surface area contributed by atoms with Crippen molar-refractivity contribution < 1.29 is 30.7 Å². The van der Waals surface area contributed by atoms with Gasteiger partial charge in [0.05, 0.1) is 25.1 Å². The van der Waals surface area contributed by atoms with Crippen molar-refractivity contribution in [2.24, 2.45) is 11.8 Å². The largest absolute Gasteiger partial charge is 0.414 e. The lowest BCUT2D eigenvalue weighted by Gasteiger charge is -2.51. The molecule has 0 aromatic rings. The average Bonchev–Trinajstić information content (AvgIpc) is 2.86. The molecule has 0 aromatic carbocycles. The molecule has 1 heterocycles. The van der Waals surface area contributed by atoms with E-state index in [0.29, 0.717) is 13.0 Å². The van der Waals surface area contributed by atoms with E-state index in [-0.39, 0.29) is 40.6 Å². The molecule has 0 radical (unpaired) electrons. The molecule has 1 N–H and O–H groups in total. The monoisotopic (exact) mass is 482 g/mol. The van der Waals surface area contributed by atoms with Gasteiger partial charge in [0.25, 0.3) is 10.1 Å². The lowest BCUT2D eigenvalue weighted by Crippen LogP contribution is -2.65. The SMILES string of the molecule is CC(C)[Si]1(C(C)C)OC[C@H]2C[C@@H](COS(C)(=O)=O)[C@H](O)[C@@H]2O[Si](C(C)C)(C(C)C)O1. The van der Waals surface area contributed by atoms with Crippen LogP contribution in [-0.4, -0.2) is 62.3 Å². The van der Waals surface area contributed by atoms with E-state index in [1.165, 1.54) is 0 Å². The third-order valence-corrected chi connectivity index (χ3v) is 17.6. The predicted octanol–water partition coefficient (Wildman–Crippen LogP) is 3.92. The molecule has 2 aliphatic rings. The van der Waals surface area contributed by atoms with Crippen LogP contribution in [0, 0.1) is 11.8 Å². The summed E-state index contributed by atoms with van der Waals surface area (Å²) in [6.45, 7) is 17.7. The van der Waals surface area contributed by atoms with E-state index < -0.39 is 39.4 Å². The van der Waals surface area contributed by atoms with E-state index in [9.17, 15) is 13.5 Å². The van der Waals surface area contributed by atoms with E-state index in [2.05, 4.69) is 55.4 Å². The molecule has 0 aromatic heterocycles. The van der Waals surface area contributed by atoms with E-state index in [0.717, 1.165) is 6.26 Å². The van der Waals surface area contributed by atoms with E-state index >= 15 is 0 Å². The highest BCUT2D eigenvalue weighted by molar-refractivity contribution is 7.85. The fourth-order valence-corrected chi connectivity index (χ4v) is 16.8. The first-order chi connectivity index (χ1) is 13.7. The highest BCUT2D eigenvalue weighted by Gasteiger charge is 2.61. The topological polar surface area (TPSA) is 91.3 Å². The number of aliphatic hydroxyl groups excluding tert-OH is 1. The molecule has 178 valence electrons. The Morgan fingerprint density at radius 1 is 0.967 bits per heavy atom. The zero-order valence-corrected chi connectivity index (χ0v) is 22.9. The fraction of sp³-hybridized carbons (Fsp3) is 1.00. The van der Waals surface area contributed by atoms with Crippen LogP contribution in [0.5, 0.6) is 0 Å². The Kier molecular flexibility index (Phi) is 8.44. The maximum Gasteiger partial charge on any atom is 0.335 e. The van der Waals surface area contributed by atoms with Crippen molar-refractivity contribution in [2.75, 3.05) is 19.5 Å². The van der Waals surface area contributed by atoms with Crippen LogP contribution in [0.2, 0.25) is 22.2 Å². The van der Waals surface area contributed by atoms with Crippen molar-refractivity contribution in [3.8, 4) is 0 Å². The van der Waals surface area contributed by atoms with Gasteiger partial charge in [0.2, 0.25) is 0 Å². The summed E-state index contributed by atoms with van der Waals surface area (Å²) in [5.41, 5.74) is 0.890. The van der Waals surface area contributed by atoms with Crippen molar-refractivity contribution in [3.05, 3.63) is 0 Å². The molecule has 30 heavy (non-hydrogen) atoms. The number of hydrogen-bond donors (Lipinski definition) is 1. The lowest BCUT2D eigenvalue weighted by atomic mass is 10.1. The quantitative estimate of drug-likeness (QED) is 0.434. The van der Waals surface area contributed by atoms with Crippen LogP contribution in [0.15, 0.2) is 0 Å². The molecule has 10 heteroatoms. The van der Waals surface area contributed by atoms with Crippen LogP contribution in [0.4, 0.5) is 0 Å². The highest BCUT2D eigenvalue weighted by atomic mass is 32.2. The van der Waals surface area contributed by atoms with Crippen LogP contribution in [0.25, 0.3) is 0 Å². The first-order valence-electron chi connectivity index (χ1n) is 11.2. The molecule has 2 fully saturated rings. The molecular weight excluding hydrogens is 440 g/mol. The van der Waals surface area contributed by atoms with Crippen molar-refractivity contribution in [2.45, 2.75) is 96.2 Å². The zero-order valence-electron chi connectivity index (χ0n) is 20.0. The van der Waals surface area contributed by atoms with Crippen molar-refractivity contribution in [3.63, 3.8) is 0 Å². The first-order valence-corrected chi connectivity index (χ1v) is 17.0. The number of rotatable bonds is 7. The summed E-state index contributed by atoms with van der Waals surface area (Å²) >= 11 is 0. The van der Waals surface area contributed by atoms with Crippen molar-refractivity contribution in [1.29, 1.82) is 0 Å². The van der Waals surface area contributed by atoms with Gasteiger partial charge in [0.1, 0.15) is 0 Å². The third kappa shape index (κ3) is 5.22. The van der Waals surface area contributed by atoms with Gasteiger partial charge in [-0.15, -0.1) is 0 Å². The molecule has 4 atom stereocenters. The summed E-state index contributed by atoms with van der Waals surface area (Å²) in [6.07, 6.45) is 0.412. The van der Waals surface area contributed by atoms with Gasteiger partial charge in [-0.25, -0.2) is 0 Å². The molecule has 1 aliphatic heterocycles. The smallest absolute Gasteiger partial charge is 0.335 e. The van der Waals surface area contributed by atoms with Crippen LogP contribution < -0.4 is 0 Å². The van der Waals surface area contributed by atoms with E-state index in [1.54, 1.807) is 0 Å². The Labute approximate surface area is 185 Å². The second-order valence-corrected chi connectivity index (χ2v) is 20.8. The predicted molar refractivity (Wildman–Crippen MR) is 122 cm³/mol. The van der Waals surface area contributed by atoms with Crippen molar-refractivity contribution >= 4 is 27.2 Å². The van der Waals surface area contributed by atoms with Gasteiger partial charge in [0.15, 0.2) is 0 Å². The number of fused-ring (bicyclic) bond motifs is 1. The molecular formula is C20H42O7SSi2. The average molecular weight is 483 g/mol. The highest BCUT2D eigenvalue weighted by Crippen LogP contribution is 2.49. The van der Waals surface area contributed by atoms with Gasteiger partial charge in [-0.3, -0.25) is 4.18 Å².